The molecule has 3 aromatic carbocycles. The van der Waals surface area contributed by atoms with Gasteiger partial charge in [0.25, 0.3) is 0 Å². The summed E-state index contributed by atoms with van der Waals surface area (Å²) in [6.45, 7) is 6.80. The third-order valence-electron chi connectivity index (χ3n) is 5.93. The van der Waals surface area contributed by atoms with E-state index in [1.54, 1.807) is 12.0 Å². The Balaban J connectivity index is 1.81. The van der Waals surface area contributed by atoms with Crippen LogP contribution in [-0.4, -0.2) is 38.4 Å². The molecule has 0 saturated carbocycles. The Hall–Kier alpha value is -3.35. The molecule has 6 heteroatoms. The summed E-state index contributed by atoms with van der Waals surface area (Å²) < 4.78 is 10.9. The fraction of sp³-hybridized carbons (Fsp3) is 0.321. The van der Waals surface area contributed by atoms with Crippen LogP contribution in [0.5, 0.6) is 5.75 Å². The fourth-order valence-corrected chi connectivity index (χ4v) is 3.67. The van der Waals surface area contributed by atoms with Crippen LogP contribution >= 0.6 is 0 Å². The number of benzene rings is 3. The first-order valence-corrected chi connectivity index (χ1v) is 11.7. The van der Waals surface area contributed by atoms with Crippen LogP contribution in [0, 0.1) is 0 Å². The number of anilines is 1. The third kappa shape index (κ3) is 6.59. The Kier molecular flexibility index (Phi) is 9.08. The van der Waals surface area contributed by atoms with Crippen LogP contribution < -0.4 is 20.7 Å². The first kappa shape index (κ1) is 25.3. The second-order valence-corrected chi connectivity index (χ2v) is 8.30. The number of methoxy groups -OCH3 is 1. The molecule has 0 aliphatic carbocycles. The minimum absolute atomic E-state index is 0.143. The van der Waals surface area contributed by atoms with Gasteiger partial charge in [-0.2, -0.15) is 0 Å². The molecule has 0 spiro atoms. The molecule has 6 nitrogen and oxygen atoms in total. The van der Waals surface area contributed by atoms with Crippen LogP contribution in [-0.2, 0) is 4.74 Å². The number of nitrogens with zero attached hydrogens (tertiary/aromatic N) is 1. The number of hydrogen-bond acceptors (Lipinski definition) is 4. The van der Waals surface area contributed by atoms with E-state index in [1.807, 2.05) is 99.6 Å². The number of carbonyl (C=O) groups is 1. The molecule has 3 aromatic rings. The van der Waals surface area contributed by atoms with E-state index in [0.29, 0.717) is 13.2 Å². The summed E-state index contributed by atoms with van der Waals surface area (Å²) in [6.07, 6.45) is -0.190. The van der Waals surface area contributed by atoms with Crippen molar-refractivity contribution in [1.29, 1.82) is 0 Å². The normalized spacial score (nSPS) is 13.6. The molecule has 0 saturated heterocycles. The molecular formula is C28H35N3O3. The topological polar surface area (TPSA) is 76.8 Å². The second-order valence-electron chi connectivity index (χ2n) is 8.30. The highest BCUT2D eigenvalue weighted by Gasteiger charge is 2.23. The zero-order valence-electron chi connectivity index (χ0n) is 20.4. The van der Waals surface area contributed by atoms with E-state index in [4.69, 9.17) is 15.2 Å². The van der Waals surface area contributed by atoms with Gasteiger partial charge in [-0.3, -0.25) is 4.90 Å². The number of ether oxygens (including phenoxy) is 2. The smallest absolute Gasteiger partial charge is 0.322 e. The lowest BCUT2D eigenvalue weighted by Gasteiger charge is -2.30. The highest BCUT2D eigenvalue weighted by Crippen LogP contribution is 2.26. The van der Waals surface area contributed by atoms with E-state index in [0.717, 1.165) is 28.1 Å². The number of rotatable bonds is 10. The number of nitrogens with one attached hydrogen (secondary N) is 1. The summed E-state index contributed by atoms with van der Waals surface area (Å²) in [4.78, 5) is 15.0. The molecule has 2 amide bonds. The van der Waals surface area contributed by atoms with Crippen molar-refractivity contribution in [3.05, 3.63) is 84.4 Å². The predicted molar refractivity (Wildman–Crippen MR) is 138 cm³/mol. The van der Waals surface area contributed by atoms with Crippen LogP contribution in [0.15, 0.2) is 78.9 Å². The van der Waals surface area contributed by atoms with E-state index in [2.05, 4.69) is 5.32 Å². The minimum Gasteiger partial charge on any atom is -0.494 e. The molecule has 0 aliphatic heterocycles. The summed E-state index contributed by atoms with van der Waals surface area (Å²) in [5.41, 5.74) is 10.3. The summed E-state index contributed by atoms with van der Waals surface area (Å²) in [5.74, 6) is 0.847. The summed E-state index contributed by atoms with van der Waals surface area (Å²) >= 11 is 0. The summed E-state index contributed by atoms with van der Waals surface area (Å²) in [7, 11) is 1.62. The van der Waals surface area contributed by atoms with Crippen LogP contribution in [0.1, 0.15) is 32.4 Å². The summed E-state index contributed by atoms with van der Waals surface area (Å²) in [5, 5.41) is 3.10. The van der Waals surface area contributed by atoms with Crippen LogP contribution in [0.3, 0.4) is 0 Å². The average molecular weight is 462 g/mol. The number of carbonyl (C=O) groups excluding carboxylic acids is 1. The fourth-order valence-electron chi connectivity index (χ4n) is 3.67. The van der Waals surface area contributed by atoms with E-state index in [1.165, 1.54) is 0 Å². The van der Waals surface area contributed by atoms with Crippen LogP contribution in [0.4, 0.5) is 10.5 Å². The summed E-state index contributed by atoms with van der Waals surface area (Å²) in [6, 6.07) is 25.1. The quantitative estimate of drug-likeness (QED) is 0.424. The molecule has 180 valence electrons. The number of urea groups is 1. The van der Waals surface area contributed by atoms with Crippen molar-refractivity contribution < 1.29 is 14.3 Å². The van der Waals surface area contributed by atoms with Gasteiger partial charge in [-0.25, -0.2) is 4.79 Å². The molecule has 0 aliphatic rings. The van der Waals surface area contributed by atoms with Crippen LogP contribution in [0.2, 0.25) is 0 Å². The monoisotopic (exact) mass is 461 g/mol. The van der Waals surface area contributed by atoms with Gasteiger partial charge in [0, 0.05) is 25.4 Å². The molecule has 34 heavy (non-hydrogen) atoms. The SMILES string of the molecule is CCOc1ccc(-c2ccc(N(C[C@@H](N)[C@@H](C)OC)C(=O)N[C@@H](C)c3ccccc3)cc2)cc1. The Morgan fingerprint density at radius 3 is 2.09 bits per heavy atom. The molecule has 0 bridgehead atoms. The van der Waals surface area contributed by atoms with E-state index < -0.39 is 0 Å². The average Bonchev–Trinajstić information content (AvgIpc) is 2.87. The predicted octanol–water partition coefficient (Wildman–Crippen LogP) is 5.39. The number of nitrogens with two attached hydrogens (primary N) is 1. The highest BCUT2D eigenvalue weighted by molar-refractivity contribution is 5.92. The minimum atomic E-state index is -0.339. The van der Waals surface area contributed by atoms with Crippen molar-refractivity contribution in [2.24, 2.45) is 5.73 Å². The van der Waals surface area contributed by atoms with Gasteiger partial charge < -0.3 is 20.5 Å². The van der Waals surface area contributed by atoms with Gasteiger partial charge in [-0.05, 0) is 61.7 Å². The van der Waals surface area contributed by atoms with Crippen molar-refractivity contribution in [2.75, 3.05) is 25.2 Å². The molecule has 3 N–H and O–H groups in total. The lowest BCUT2D eigenvalue weighted by atomic mass is 10.0. The molecular weight excluding hydrogens is 426 g/mol. The molecule has 0 aromatic heterocycles. The van der Waals surface area contributed by atoms with Gasteiger partial charge >= 0.3 is 6.03 Å². The van der Waals surface area contributed by atoms with E-state index >= 15 is 0 Å². The van der Waals surface area contributed by atoms with Gasteiger partial charge in [0.1, 0.15) is 5.75 Å². The molecule has 3 atom stereocenters. The van der Waals surface area contributed by atoms with Crippen molar-refractivity contribution in [1.82, 2.24) is 5.32 Å². The molecule has 3 rings (SSSR count). The lowest BCUT2D eigenvalue weighted by molar-refractivity contribution is 0.0975. The standard InChI is InChI=1S/C28H35N3O3/c1-5-34-26-17-13-24(14-18-26)23-11-15-25(16-12-23)31(19-27(29)21(3)33-4)28(32)30-20(2)22-9-7-6-8-10-22/h6-18,20-21,27H,5,19,29H2,1-4H3,(H,30,32)/t20-,21+,27+/m0/s1. The molecule has 0 fully saturated rings. The zero-order valence-corrected chi connectivity index (χ0v) is 20.4. The van der Waals surface area contributed by atoms with Crippen molar-refractivity contribution in [3.63, 3.8) is 0 Å². The number of hydrogen-bond donors (Lipinski definition) is 2. The maximum atomic E-state index is 13.3. The molecule has 0 heterocycles. The van der Waals surface area contributed by atoms with Gasteiger partial charge in [0.15, 0.2) is 0 Å². The Bertz CT molecular complexity index is 1020. The zero-order chi connectivity index (χ0) is 24.5. The lowest BCUT2D eigenvalue weighted by Crippen LogP contribution is -2.50. The third-order valence-corrected chi connectivity index (χ3v) is 5.93. The first-order valence-electron chi connectivity index (χ1n) is 11.7. The molecule has 0 unspecified atom stereocenters. The van der Waals surface area contributed by atoms with Crippen molar-refractivity contribution >= 4 is 11.7 Å². The molecule has 0 radical (unpaired) electrons. The van der Waals surface area contributed by atoms with Crippen molar-refractivity contribution in [3.8, 4) is 16.9 Å². The van der Waals surface area contributed by atoms with Gasteiger partial charge in [0.05, 0.1) is 18.8 Å². The second kappa shape index (κ2) is 12.2. The Morgan fingerprint density at radius 2 is 1.53 bits per heavy atom. The van der Waals surface area contributed by atoms with Crippen molar-refractivity contribution in [2.45, 2.75) is 39.0 Å². The maximum Gasteiger partial charge on any atom is 0.322 e. The Labute approximate surface area is 202 Å². The highest BCUT2D eigenvalue weighted by atomic mass is 16.5. The Morgan fingerprint density at radius 1 is 0.941 bits per heavy atom. The van der Waals surface area contributed by atoms with E-state index in [-0.39, 0.29) is 24.2 Å². The van der Waals surface area contributed by atoms with E-state index in [9.17, 15) is 4.79 Å². The first-order chi connectivity index (χ1) is 16.4. The van der Waals surface area contributed by atoms with Gasteiger partial charge in [-0.15, -0.1) is 0 Å². The number of amides is 2. The van der Waals surface area contributed by atoms with Gasteiger partial charge in [0.2, 0.25) is 0 Å². The van der Waals surface area contributed by atoms with Gasteiger partial charge in [-0.1, -0.05) is 54.6 Å². The maximum absolute atomic E-state index is 13.3. The van der Waals surface area contributed by atoms with Crippen LogP contribution in [0.25, 0.3) is 11.1 Å². The largest absolute Gasteiger partial charge is 0.494 e.